The summed E-state index contributed by atoms with van der Waals surface area (Å²) in [6.07, 6.45) is 1.04. The number of aryl methyl sites for hydroxylation is 3. The molecular formula is C22H22N4O. The molecule has 1 amide bonds. The monoisotopic (exact) mass is 358 g/mol. The molecule has 0 aliphatic carbocycles. The van der Waals surface area contributed by atoms with Crippen LogP contribution in [0.1, 0.15) is 28.9 Å². The maximum atomic E-state index is 12.3. The third kappa shape index (κ3) is 3.28. The molecule has 136 valence electrons. The van der Waals surface area contributed by atoms with E-state index in [0.29, 0.717) is 12.8 Å². The van der Waals surface area contributed by atoms with Crippen molar-refractivity contribution in [2.75, 3.05) is 5.32 Å². The largest absolute Gasteiger partial charge is 0.326 e. The molecule has 0 aliphatic rings. The van der Waals surface area contributed by atoms with Gasteiger partial charge in [-0.2, -0.15) is 5.10 Å². The van der Waals surface area contributed by atoms with Crippen molar-refractivity contribution >= 4 is 28.1 Å². The summed E-state index contributed by atoms with van der Waals surface area (Å²) in [5.41, 5.74) is 6.87. The number of carbonyl (C=O) groups excluding carboxylic acids is 1. The fourth-order valence-electron chi connectivity index (χ4n) is 3.44. The molecular weight excluding hydrogens is 336 g/mol. The van der Waals surface area contributed by atoms with Crippen LogP contribution < -0.4 is 5.32 Å². The third-order valence-electron chi connectivity index (χ3n) is 4.96. The third-order valence-corrected chi connectivity index (χ3v) is 4.96. The van der Waals surface area contributed by atoms with Gasteiger partial charge in [0, 0.05) is 28.9 Å². The summed E-state index contributed by atoms with van der Waals surface area (Å²) in [5, 5.41) is 8.68. The van der Waals surface area contributed by atoms with Gasteiger partial charge < -0.3 is 5.32 Å². The van der Waals surface area contributed by atoms with Gasteiger partial charge in [0.15, 0.2) is 5.65 Å². The average molecular weight is 358 g/mol. The Labute approximate surface area is 158 Å². The molecule has 5 nitrogen and oxygen atoms in total. The number of amides is 1. The van der Waals surface area contributed by atoms with E-state index < -0.39 is 0 Å². The molecule has 0 radical (unpaired) electrons. The Bertz CT molecular complexity index is 1140. The summed E-state index contributed by atoms with van der Waals surface area (Å²) < 4.78 is 1.89. The van der Waals surface area contributed by atoms with E-state index in [4.69, 9.17) is 4.98 Å². The topological polar surface area (TPSA) is 59.3 Å². The summed E-state index contributed by atoms with van der Waals surface area (Å²) in [7, 11) is 0. The first-order valence-electron chi connectivity index (χ1n) is 9.13. The number of nitrogens with one attached hydrogen (secondary N) is 1. The summed E-state index contributed by atoms with van der Waals surface area (Å²) in [4.78, 5) is 17.1. The fourth-order valence-corrected chi connectivity index (χ4v) is 3.44. The van der Waals surface area contributed by atoms with Crippen molar-refractivity contribution < 1.29 is 4.79 Å². The summed E-state index contributed by atoms with van der Waals surface area (Å²) in [6, 6.07) is 15.8. The molecule has 2 aromatic carbocycles. The van der Waals surface area contributed by atoms with Crippen LogP contribution in [-0.4, -0.2) is 20.5 Å². The van der Waals surface area contributed by atoms with Gasteiger partial charge in [-0.05, 0) is 57.0 Å². The predicted molar refractivity (Wildman–Crippen MR) is 108 cm³/mol. The van der Waals surface area contributed by atoms with Gasteiger partial charge in [0.05, 0.1) is 5.52 Å². The summed E-state index contributed by atoms with van der Waals surface area (Å²) >= 11 is 0. The minimum absolute atomic E-state index is 0.00313. The van der Waals surface area contributed by atoms with Crippen molar-refractivity contribution in [1.29, 1.82) is 0 Å². The molecule has 0 spiro atoms. The Morgan fingerprint density at radius 3 is 2.56 bits per heavy atom. The Balaban J connectivity index is 1.57. The number of carbonyl (C=O) groups is 1. The quantitative estimate of drug-likeness (QED) is 0.589. The number of fused-ring (bicyclic) bond motifs is 3. The molecule has 0 bridgehead atoms. The molecule has 0 atom stereocenters. The maximum Gasteiger partial charge on any atom is 0.224 e. The van der Waals surface area contributed by atoms with E-state index in [2.05, 4.69) is 10.4 Å². The highest BCUT2D eigenvalue weighted by atomic mass is 16.1. The second kappa shape index (κ2) is 6.83. The SMILES string of the molecule is Cc1ccc(NC(=O)CCc2c(C)nc3c4ccccc4nn3c2C)cc1. The van der Waals surface area contributed by atoms with Crippen LogP contribution in [0.25, 0.3) is 16.6 Å². The van der Waals surface area contributed by atoms with Crippen LogP contribution in [0.4, 0.5) is 5.69 Å². The van der Waals surface area contributed by atoms with Gasteiger partial charge in [-0.1, -0.05) is 29.8 Å². The number of rotatable bonds is 4. The first kappa shape index (κ1) is 17.2. The maximum absolute atomic E-state index is 12.3. The van der Waals surface area contributed by atoms with Crippen LogP contribution in [0.5, 0.6) is 0 Å². The molecule has 0 aliphatic heterocycles. The lowest BCUT2D eigenvalue weighted by Gasteiger charge is -2.11. The lowest BCUT2D eigenvalue weighted by molar-refractivity contribution is -0.116. The highest BCUT2D eigenvalue weighted by Gasteiger charge is 2.15. The van der Waals surface area contributed by atoms with Gasteiger partial charge in [0.1, 0.15) is 0 Å². The standard InChI is InChI=1S/C22H22N4O/c1-14-8-10-17(11-9-14)24-21(27)13-12-18-15(2)23-22-19-6-4-5-7-20(19)25-26(22)16(18)3/h4-11H,12-13H2,1-3H3,(H,24,27). The lowest BCUT2D eigenvalue weighted by Crippen LogP contribution is -2.14. The van der Waals surface area contributed by atoms with Gasteiger partial charge in [-0.15, -0.1) is 0 Å². The van der Waals surface area contributed by atoms with E-state index in [1.807, 2.05) is 73.8 Å². The zero-order valence-electron chi connectivity index (χ0n) is 15.8. The van der Waals surface area contributed by atoms with E-state index in [0.717, 1.165) is 39.2 Å². The Hall–Kier alpha value is -3.21. The fraction of sp³-hybridized carbons (Fsp3) is 0.227. The van der Waals surface area contributed by atoms with Crippen molar-refractivity contribution in [3.63, 3.8) is 0 Å². The lowest BCUT2D eigenvalue weighted by atomic mass is 10.1. The summed E-state index contributed by atoms with van der Waals surface area (Å²) in [6.45, 7) is 6.07. The van der Waals surface area contributed by atoms with Crippen LogP contribution in [0, 0.1) is 20.8 Å². The van der Waals surface area contributed by atoms with Crippen LogP contribution in [0.3, 0.4) is 0 Å². The number of hydrogen-bond donors (Lipinski definition) is 1. The second-order valence-electron chi connectivity index (χ2n) is 6.93. The molecule has 4 rings (SSSR count). The Morgan fingerprint density at radius 2 is 1.78 bits per heavy atom. The van der Waals surface area contributed by atoms with Crippen molar-refractivity contribution in [2.45, 2.75) is 33.6 Å². The first-order valence-corrected chi connectivity index (χ1v) is 9.13. The zero-order valence-corrected chi connectivity index (χ0v) is 15.8. The van der Waals surface area contributed by atoms with Crippen LogP contribution in [0.15, 0.2) is 48.5 Å². The molecule has 0 saturated heterocycles. The van der Waals surface area contributed by atoms with Crippen molar-refractivity contribution in [2.24, 2.45) is 0 Å². The number of anilines is 1. The molecule has 4 aromatic rings. The van der Waals surface area contributed by atoms with Gasteiger partial charge in [0.25, 0.3) is 0 Å². The minimum Gasteiger partial charge on any atom is -0.326 e. The molecule has 27 heavy (non-hydrogen) atoms. The molecule has 0 unspecified atom stereocenters. The normalized spacial score (nSPS) is 11.2. The molecule has 0 saturated carbocycles. The average Bonchev–Trinajstić information content (AvgIpc) is 3.02. The predicted octanol–water partition coefficient (Wildman–Crippen LogP) is 4.38. The van der Waals surface area contributed by atoms with Crippen LogP contribution >= 0.6 is 0 Å². The Kier molecular flexibility index (Phi) is 4.36. The smallest absolute Gasteiger partial charge is 0.224 e. The zero-order chi connectivity index (χ0) is 19.0. The molecule has 5 heteroatoms. The molecule has 2 aromatic heterocycles. The van der Waals surface area contributed by atoms with E-state index >= 15 is 0 Å². The number of hydrogen-bond acceptors (Lipinski definition) is 3. The summed E-state index contributed by atoms with van der Waals surface area (Å²) in [5.74, 6) is 0.00313. The van der Waals surface area contributed by atoms with Crippen LogP contribution in [0.2, 0.25) is 0 Å². The highest BCUT2D eigenvalue weighted by molar-refractivity contribution is 5.92. The van der Waals surface area contributed by atoms with Gasteiger partial charge in [0.2, 0.25) is 5.91 Å². The Morgan fingerprint density at radius 1 is 1.04 bits per heavy atom. The van der Waals surface area contributed by atoms with Gasteiger partial charge >= 0.3 is 0 Å². The molecule has 0 fully saturated rings. The molecule has 1 N–H and O–H groups in total. The van der Waals surface area contributed by atoms with Crippen LogP contribution in [-0.2, 0) is 11.2 Å². The van der Waals surface area contributed by atoms with E-state index in [-0.39, 0.29) is 5.91 Å². The van der Waals surface area contributed by atoms with Gasteiger partial charge in [-0.3, -0.25) is 4.79 Å². The van der Waals surface area contributed by atoms with E-state index in [9.17, 15) is 4.79 Å². The number of nitrogens with zero attached hydrogens (tertiary/aromatic N) is 3. The first-order chi connectivity index (χ1) is 13.0. The minimum atomic E-state index is 0.00313. The highest BCUT2D eigenvalue weighted by Crippen LogP contribution is 2.23. The van der Waals surface area contributed by atoms with Crippen molar-refractivity contribution in [1.82, 2.24) is 14.6 Å². The molecule has 2 heterocycles. The number of aromatic nitrogens is 3. The van der Waals surface area contributed by atoms with E-state index in [1.165, 1.54) is 5.56 Å². The second-order valence-corrected chi connectivity index (χ2v) is 6.93. The number of benzene rings is 2. The van der Waals surface area contributed by atoms with Crippen molar-refractivity contribution in [3.05, 3.63) is 71.0 Å². The van der Waals surface area contributed by atoms with E-state index in [1.54, 1.807) is 0 Å². The van der Waals surface area contributed by atoms with Gasteiger partial charge in [-0.25, -0.2) is 9.50 Å². The van der Waals surface area contributed by atoms with Crippen molar-refractivity contribution in [3.8, 4) is 0 Å².